The summed E-state index contributed by atoms with van der Waals surface area (Å²) < 4.78 is 0. The summed E-state index contributed by atoms with van der Waals surface area (Å²) in [6.07, 6.45) is -0.167. The normalized spacial score (nSPS) is 8.25. The van der Waals surface area contributed by atoms with Crippen molar-refractivity contribution in [2.75, 3.05) is 13.1 Å². The number of hydrogen-bond donors (Lipinski definition) is 3. The van der Waals surface area contributed by atoms with E-state index < -0.39 is 0 Å². The van der Waals surface area contributed by atoms with E-state index >= 15 is 0 Å². The molecule has 52 valence electrons. The van der Waals surface area contributed by atoms with Crippen molar-refractivity contribution in [3.05, 3.63) is 0 Å². The molecule has 0 fully saturated rings. The largest absolute Gasteiger partial charge is 0.394 e. The Kier molecular flexibility index (Phi) is 13.5. The molecule has 0 saturated heterocycles. The summed E-state index contributed by atoms with van der Waals surface area (Å²) >= 11 is 0. The number of hydrogen-bond acceptors (Lipinski definition) is 3. The molecule has 0 unspecified atom stereocenters. The van der Waals surface area contributed by atoms with Gasteiger partial charge in [0.15, 0.2) is 0 Å². The highest BCUT2D eigenvalue weighted by Crippen LogP contribution is 1.65. The van der Waals surface area contributed by atoms with Crippen molar-refractivity contribution in [3.8, 4) is 0 Å². The Morgan fingerprint density at radius 3 is 1.38 bits per heavy atom. The highest BCUT2D eigenvalue weighted by molar-refractivity contribution is 4.26. The van der Waals surface area contributed by atoms with Crippen LogP contribution in [0.2, 0.25) is 0 Å². The molecule has 3 heteroatoms. The zero-order valence-electron chi connectivity index (χ0n) is 5.59. The molecule has 0 bridgehead atoms. The Morgan fingerprint density at radius 2 is 1.38 bits per heavy atom. The Bertz CT molecular complexity index is 26.9. The Balaban J connectivity index is 0. The fourth-order valence-corrected chi connectivity index (χ4v) is 0. The topological polar surface area (TPSA) is 72.3 Å². The monoisotopic (exact) mass is 120 g/mol. The maximum atomic E-state index is 8.06. The first-order valence-corrected chi connectivity index (χ1v) is 2.73. The number of rotatable bonds is 1. The van der Waals surface area contributed by atoms with Gasteiger partial charge in [0.05, 0.1) is 0 Å². The van der Waals surface area contributed by atoms with Crippen molar-refractivity contribution in [3.63, 3.8) is 0 Å². The molecule has 8 heavy (non-hydrogen) atoms. The van der Waals surface area contributed by atoms with Gasteiger partial charge in [-0.1, -0.05) is 0 Å². The fourth-order valence-electron chi connectivity index (χ4n) is 0. The third kappa shape index (κ3) is 181. The maximum absolute atomic E-state index is 8.06. The maximum Gasteiger partial charge on any atom is 0.0483 e. The minimum absolute atomic E-state index is 0.167. The lowest BCUT2D eigenvalue weighted by molar-refractivity contribution is 0.216. The van der Waals surface area contributed by atoms with Crippen molar-refractivity contribution < 1.29 is 5.11 Å². The quantitative estimate of drug-likeness (QED) is 0.428. The summed E-state index contributed by atoms with van der Waals surface area (Å²) in [6.45, 7) is 4.64. The van der Waals surface area contributed by atoms with E-state index in [2.05, 4.69) is 0 Å². The molecule has 0 saturated carbocycles. The molecular weight excluding hydrogens is 104 g/mol. The van der Waals surface area contributed by atoms with E-state index in [1.54, 1.807) is 13.8 Å². The van der Waals surface area contributed by atoms with Crippen LogP contribution in [0.1, 0.15) is 13.8 Å². The molecule has 0 spiro atoms. The van der Waals surface area contributed by atoms with Gasteiger partial charge in [-0.15, -0.1) is 0 Å². The Morgan fingerprint density at radius 1 is 1.25 bits per heavy atom. The van der Waals surface area contributed by atoms with Crippen LogP contribution in [0, 0.1) is 0 Å². The minimum atomic E-state index is -0.167. The first kappa shape index (κ1) is 10.8. The van der Waals surface area contributed by atoms with E-state index in [1.807, 2.05) is 0 Å². The smallest absolute Gasteiger partial charge is 0.0483 e. The van der Waals surface area contributed by atoms with Crippen molar-refractivity contribution in [2.45, 2.75) is 20.0 Å². The molecule has 0 amide bonds. The number of aliphatic hydroxyl groups is 1. The molecule has 0 aromatic carbocycles. The predicted molar refractivity (Wildman–Crippen MR) is 35.5 cm³/mol. The van der Waals surface area contributed by atoms with Crippen LogP contribution in [0.3, 0.4) is 0 Å². The summed E-state index contributed by atoms with van der Waals surface area (Å²) in [6, 6.07) is 0. The Hall–Kier alpha value is -0.120. The third-order valence-electron chi connectivity index (χ3n) is 0.167. The van der Waals surface area contributed by atoms with Gasteiger partial charge in [-0.3, -0.25) is 0 Å². The third-order valence-corrected chi connectivity index (χ3v) is 0.167. The van der Waals surface area contributed by atoms with Gasteiger partial charge >= 0.3 is 0 Å². The molecule has 3 nitrogen and oxygen atoms in total. The van der Waals surface area contributed by atoms with E-state index in [9.17, 15) is 0 Å². The van der Waals surface area contributed by atoms with Gasteiger partial charge in [0.2, 0.25) is 0 Å². The van der Waals surface area contributed by atoms with Gasteiger partial charge in [0.1, 0.15) is 0 Å². The predicted octanol–water partition coefficient (Wildman–Crippen LogP) is -0.709. The van der Waals surface area contributed by atoms with E-state index in [0.29, 0.717) is 13.1 Å². The van der Waals surface area contributed by atoms with Gasteiger partial charge in [0.25, 0.3) is 0 Å². The summed E-state index contributed by atoms with van der Waals surface area (Å²) in [5.41, 5.74) is 9.81. The van der Waals surface area contributed by atoms with E-state index in [0.717, 1.165) is 0 Å². The second-order valence-corrected chi connectivity index (χ2v) is 1.67. The van der Waals surface area contributed by atoms with Gasteiger partial charge in [-0.2, -0.15) is 0 Å². The van der Waals surface area contributed by atoms with E-state index in [-0.39, 0.29) is 6.10 Å². The van der Waals surface area contributed by atoms with Crippen LogP contribution >= 0.6 is 0 Å². The number of aliphatic hydroxyl groups excluding tert-OH is 1. The molecule has 0 atom stereocenters. The highest BCUT2D eigenvalue weighted by Gasteiger charge is 1.69. The molecule has 0 aromatic rings. The summed E-state index contributed by atoms with van der Waals surface area (Å²) in [5.74, 6) is 0. The van der Waals surface area contributed by atoms with Gasteiger partial charge in [-0.05, 0) is 13.8 Å². The minimum Gasteiger partial charge on any atom is -0.394 e. The second kappa shape index (κ2) is 9.99. The van der Waals surface area contributed by atoms with Crippen LogP contribution in [0.5, 0.6) is 0 Å². The Labute approximate surface area is 50.7 Å². The average molecular weight is 120 g/mol. The van der Waals surface area contributed by atoms with E-state index in [1.165, 1.54) is 0 Å². The number of nitrogens with two attached hydrogens (primary N) is 2. The van der Waals surface area contributed by atoms with Crippen molar-refractivity contribution in [2.24, 2.45) is 11.5 Å². The fraction of sp³-hybridized carbons (Fsp3) is 1.00. The summed E-state index contributed by atoms with van der Waals surface area (Å²) in [7, 11) is 0. The van der Waals surface area contributed by atoms with Crippen LogP contribution in [-0.2, 0) is 0 Å². The average Bonchev–Trinajstić information content (AvgIpc) is 1.65. The molecule has 0 aliphatic rings. The lowest BCUT2D eigenvalue weighted by atomic mass is 10.5. The second-order valence-electron chi connectivity index (χ2n) is 1.67. The molecule has 0 heterocycles. The van der Waals surface area contributed by atoms with E-state index in [4.69, 9.17) is 16.6 Å². The zero-order chi connectivity index (χ0) is 6.99. The van der Waals surface area contributed by atoms with Crippen LogP contribution in [0.4, 0.5) is 0 Å². The lowest BCUT2D eigenvalue weighted by Gasteiger charge is -1.80. The van der Waals surface area contributed by atoms with Crippen molar-refractivity contribution in [1.29, 1.82) is 0 Å². The standard InChI is InChI=1S/C3H8O.C2H8N2/c1-3(2)4;3-1-2-4/h3-4H,1-2H3;1-4H2. The SMILES string of the molecule is CC(C)O.NCCN. The molecule has 0 rings (SSSR count). The molecule has 0 aromatic heterocycles. The molecule has 0 aliphatic heterocycles. The highest BCUT2D eigenvalue weighted by atomic mass is 16.3. The molecule has 0 aliphatic carbocycles. The first-order valence-electron chi connectivity index (χ1n) is 2.73. The van der Waals surface area contributed by atoms with Crippen LogP contribution < -0.4 is 11.5 Å². The van der Waals surface area contributed by atoms with Crippen molar-refractivity contribution in [1.82, 2.24) is 0 Å². The first-order chi connectivity index (χ1) is 3.65. The molecular formula is C5H16N2O. The molecule has 5 N–H and O–H groups in total. The van der Waals surface area contributed by atoms with Gasteiger partial charge in [-0.25, -0.2) is 0 Å². The zero-order valence-corrected chi connectivity index (χ0v) is 5.59. The van der Waals surface area contributed by atoms with Crippen LogP contribution in [-0.4, -0.2) is 24.3 Å². The van der Waals surface area contributed by atoms with Gasteiger partial charge in [0, 0.05) is 19.2 Å². The van der Waals surface area contributed by atoms with Crippen LogP contribution in [0.15, 0.2) is 0 Å². The van der Waals surface area contributed by atoms with Crippen molar-refractivity contribution >= 4 is 0 Å². The molecule has 0 radical (unpaired) electrons. The summed E-state index contributed by atoms with van der Waals surface area (Å²) in [5, 5.41) is 8.06. The van der Waals surface area contributed by atoms with Crippen LogP contribution in [0.25, 0.3) is 0 Å². The van der Waals surface area contributed by atoms with Gasteiger partial charge < -0.3 is 16.6 Å². The lowest BCUT2D eigenvalue weighted by Crippen LogP contribution is -2.11. The summed E-state index contributed by atoms with van der Waals surface area (Å²) in [4.78, 5) is 0.